The van der Waals surface area contributed by atoms with E-state index >= 15 is 0 Å². The van der Waals surface area contributed by atoms with Crippen LogP contribution in [0.5, 0.6) is 0 Å². The summed E-state index contributed by atoms with van der Waals surface area (Å²) in [7, 11) is 0. The van der Waals surface area contributed by atoms with Crippen LogP contribution in [0.25, 0.3) is 0 Å². The van der Waals surface area contributed by atoms with Crippen molar-refractivity contribution in [2.45, 2.75) is 20.0 Å². The molecule has 0 fully saturated rings. The van der Waals surface area contributed by atoms with Crippen LogP contribution in [-0.4, -0.2) is 6.10 Å². The summed E-state index contributed by atoms with van der Waals surface area (Å²) in [5, 5.41) is 0. The van der Waals surface area contributed by atoms with E-state index in [2.05, 4.69) is 44.2 Å². The van der Waals surface area contributed by atoms with Crippen LogP contribution in [0.4, 0.5) is 0 Å². The highest BCUT2D eigenvalue weighted by Crippen LogP contribution is 2.31. The van der Waals surface area contributed by atoms with Gasteiger partial charge in [0.1, 0.15) is 6.10 Å². The summed E-state index contributed by atoms with van der Waals surface area (Å²) in [5.41, 5.74) is 0. The first kappa shape index (κ1) is 7.66. The quantitative estimate of drug-likeness (QED) is 0.576. The highest BCUT2D eigenvalue weighted by molar-refractivity contribution is 5.25. The molecule has 0 bridgehead atoms. The molecule has 2 rings (SSSR count). The number of hydrogen-bond acceptors (Lipinski definition) is 1. The summed E-state index contributed by atoms with van der Waals surface area (Å²) in [4.78, 5) is 0. The van der Waals surface area contributed by atoms with Crippen LogP contribution in [-0.2, 0) is 4.74 Å². The Kier molecular flexibility index (Phi) is 1.80. The molecule has 0 aromatic heterocycles. The second-order valence-corrected chi connectivity index (χ2v) is 3.65. The molecule has 0 radical (unpaired) electrons. The van der Waals surface area contributed by atoms with Gasteiger partial charge in [0.15, 0.2) is 0 Å². The summed E-state index contributed by atoms with van der Waals surface area (Å²) in [5.74, 6) is 2.13. The minimum absolute atomic E-state index is 0.271. The number of hydrogen-bond donors (Lipinski definition) is 0. The minimum Gasteiger partial charge on any atom is -0.490 e. The van der Waals surface area contributed by atoms with E-state index in [1.165, 1.54) is 0 Å². The molecule has 1 heterocycles. The van der Waals surface area contributed by atoms with Crippen molar-refractivity contribution in [2.75, 3.05) is 0 Å². The third-order valence-corrected chi connectivity index (χ3v) is 2.32. The first-order chi connectivity index (χ1) is 5.77. The van der Waals surface area contributed by atoms with Gasteiger partial charge in [0.25, 0.3) is 0 Å². The Morgan fingerprint density at radius 1 is 1.25 bits per heavy atom. The van der Waals surface area contributed by atoms with Crippen molar-refractivity contribution in [3.63, 3.8) is 0 Å². The third-order valence-electron chi connectivity index (χ3n) is 2.32. The lowest BCUT2D eigenvalue weighted by molar-refractivity contribution is 0.145. The second kappa shape index (κ2) is 2.81. The van der Waals surface area contributed by atoms with Crippen molar-refractivity contribution < 1.29 is 4.74 Å². The van der Waals surface area contributed by atoms with Gasteiger partial charge >= 0.3 is 0 Å². The normalized spacial score (nSPS) is 31.8. The molecule has 2 atom stereocenters. The molecule has 1 aliphatic carbocycles. The topological polar surface area (TPSA) is 9.23 Å². The Hall–Kier alpha value is -0.980. The molecule has 2 unspecified atom stereocenters. The molecular weight excluding hydrogens is 148 g/mol. The average Bonchev–Trinajstić information content (AvgIpc) is 2.46. The summed E-state index contributed by atoms with van der Waals surface area (Å²) in [6.07, 6.45) is 11.0. The Morgan fingerprint density at radius 3 is 2.67 bits per heavy atom. The van der Waals surface area contributed by atoms with E-state index in [0.717, 1.165) is 5.76 Å². The van der Waals surface area contributed by atoms with E-state index in [1.54, 1.807) is 0 Å². The third kappa shape index (κ3) is 1.20. The Morgan fingerprint density at radius 2 is 2.00 bits per heavy atom. The molecule has 0 saturated heterocycles. The zero-order valence-corrected chi connectivity index (χ0v) is 7.53. The fraction of sp³-hybridized carbons (Fsp3) is 0.455. The van der Waals surface area contributed by atoms with Crippen molar-refractivity contribution in [3.05, 3.63) is 36.1 Å². The van der Waals surface area contributed by atoms with Gasteiger partial charge in [-0.1, -0.05) is 32.1 Å². The molecule has 0 aromatic rings. The predicted octanol–water partition coefficient (Wildman–Crippen LogP) is 2.67. The van der Waals surface area contributed by atoms with E-state index in [4.69, 9.17) is 4.74 Å². The van der Waals surface area contributed by atoms with Crippen molar-refractivity contribution in [1.82, 2.24) is 0 Å². The zero-order chi connectivity index (χ0) is 8.55. The smallest absolute Gasteiger partial charge is 0.126 e. The zero-order valence-electron chi connectivity index (χ0n) is 7.53. The average molecular weight is 162 g/mol. The van der Waals surface area contributed by atoms with Gasteiger partial charge in [-0.25, -0.2) is 0 Å². The molecule has 0 aromatic carbocycles. The maximum absolute atomic E-state index is 5.75. The number of allylic oxidation sites excluding steroid dienone is 3. The molecule has 1 nitrogen and oxygen atoms in total. The summed E-state index contributed by atoms with van der Waals surface area (Å²) in [6.45, 7) is 4.33. The van der Waals surface area contributed by atoms with Gasteiger partial charge in [0.05, 0.1) is 5.76 Å². The Balaban J connectivity index is 2.16. The van der Waals surface area contributed by atoms with E-state index < -0.39 is 0 Å². The van der Waals surface area contributed by atoms with Crippen LogP contribution in [0.3, 0.4) is 0 Å². The van der Waals surface area contributed by atoms with E-state index in [-0.39, 0.29) is 6.10 Å². The first-order valence-corrected chi connectivity index (χ1v) is 4.51. The lowest BCUT2D eigenvalue weighted by Gasteiger charge is -2.16. The SMILES string of the molecule is CC(C)C1=CC2C=CC=CC2O1. The van der Waals surface area contributed by atoms with Crippen molar-refractivity contribution in [2.24, 2.45) is 11.8 Å². The lowest BCUT2D eigenvalue weighted by atomic mass is 9.98. The highest BCUT2D eigenvalue weighted by Gasteiger charge is 2.27. The predicted molar refractivity (Wildman–Crippen MR) is 49.6 cm³/mol. The molecule has 1 heteroatoms. The molecule has 0 spiro atoms. The Labute approximate surface area is 73.4 Å². The van der Waals surface area contributed by atoms with Gasteiger partial charge in [-0.15, -0.1) is 0 Å². The molecule has 0 saturated carbocycles. The number of fused-ring (bicyclic) bond motifs is 1. The molecular formula is C11H14O. The molecule has 12 heavy (non-hydrogen) atoms. The van der Waals surface area contributed by atoms with E-state index in [0.29, 0.717) is 11.8 Å². The van der Waals surface area contributed by atoms with Gasteiger partial charge < -0.3 is 4.74 Å². The fourth-order valence-corrected chi connectivity index (χ4v) is 1.59. The van der Waals surface area contributed by atoms with Gasteiger partial charge in [-0.3, -0.25) is 0 Å². The van der Waals surface area contributed by atoms with Crippen molar-refractivity contribution in [1.29, 1.82) is 0 Å². The first-order valence-electron chi connectivity index (χ1n) is 4.51. The molecule has 1 aliphatic heterocycles. The van der Waals surface area contributed by atoms with E-state index in [9.17, 15) is 0 Å². The minimum atomic E-state index is 0.271. The van der Waals surface area contributed by atoms with Gasteiger partial charge in [-0.2, -0.15) is 0 Å². The van der Waals surface area contributed by atoms with Gasteiger partial charge in [0.2, 0.25) is 0 Å². The Bertz CT molecular complexity index is 258. The summed E-state index contributed by atoms with van der Waals surface area (Å²) >= 11 is 0. The van der Waals surface area contributed by atoms with E-state index in [1.807, 2.05) is 0 Å². The second-order valence-electron chi connectivity index (χ2n) is 3.65. The standard InChI is InChI=1S/C11H14O/c1-8(2)11-7-9-5-3-4-6-10(9)12-11/h3-10H,1-2H3. The van der Waals surface area contributed by atoms with Gasteiger partial charge in [0, 0.05) is 11.8 Å². The molecule has 0 N–H and O–H groups in total. The van der Waals surface area contributed by atoms with Crippen molar-refractivity contribution >= 4 is 0 Å². The van der Waals surface area contributed by atoms with Crippen LogP contribution in [0.2, 0.25) is 0 Å². The summed E-state index contributed by atoms with van der Waals surface area (Å²) < 4.78 is 5.75. The fourth-order valence-electron chi connectivity index (χ4n) is 1.59. The monoisotopic (exact) mass is 162 g/mol. The van der Waals surface area contributed by atoms with Crippen LogP contribution >= 0.6 is 0 Å². The van der Waals surface area contributed by atoms with Crippen LogP contribution in [0.1, 0.15) is 13.8 Å². The summed E-state index contributed by atoms with van der Waals surface area (Å²) in [6, 6.07) is 0. The maximum Gasteiger partial charge on any atom is 0.126 e. The number of ether oxygens (including phenoxy) is 1. The number of rotatable bonds is 1. The highest BCUT2D eigenvalue weighted by atomic mass is 16.5. The molecule has 2 aliphatic rings. The molecule has 0 amide bonds. The van der Waals surface area contributed by atoms with Crippen LogP contribution in [0, 0.1) is 11.8 Å². The van der Waals surface area contributed by atoms with Crippen LogP contribution < -0.4 is 0 Å². The largest absolute Gasteiger partial charge is 0.490 e. The van der Waals surface area contributed by atoms with Crippen LogP contribution in [0.15, 0.2) is 36.1 Å². The molecule has 64 valence electrons. The van der Waals surface area contributed by atoms with Crippen molar-refractivity contribution in [3.8, 4) is 0 Å². The lowest BCUT2D eigenvalue weighted by Crippen LogP contribution is -2.13. The van der Waals surface area contributed by atoms with Gasteiger partial charge in [-0.05, 0) is 12.2 Å². The maximum atomic E-state index is 5.75.